The molecule has 41 heavy (non-hydrogen) atoms. The van der Waals surface area contributed by atoms with Crippen LogP contribution in [0.25, 0.3) is 0 Å². The van der Waals surface area contributed by atoms with E-state index in [-0.39, 0.29) is 34.5 Å². The number of nitrogens with zero attached hydrogens (tertiary/aromatic N) is 2. The number of ether oxygens (including phenoxy) is 1. The first-order valence-electron chi connectivity index (χ1n) is 13.0. The van der Waals surface area contributed by atoms with Gasteiger partial charge in [0.1, 0.15) is 24.2 Å². The highest BCUT2D eigenvalue weighted by molar-refractivity contribution is 7.92. The van der Waals surface area contributed by atoms with Gasteiger partial charge in [-0.3, -0.25) is 13.9 Å². The van der Waals surface area contributed by atoms with Gasteiger partial charge in [0.15, 0.2) is 0 Å². The molecule has 11 heteroatoms. The molecule has 0 saturated heterocycles. The number of halogens is 2. The van der Waals surface area contributed by atoms with Crippen molar-refractivity contribution in [1.82, 2.24) is 10.2 Å². The van der Waals surface area contributed by atoms with Crippen LogP contribution in [0.3, 0.4) is 0 Å². The Morgan fingerprint density at radius 2 is 1.66 bits per heavy atom. The SMILES string of the molecule is CC[C@H](C(=O)NC(C)(C)C)N(Cc1ccc(F)cc1)C(=O)CN(c1ccc(OC)c(Cl)c1)S(=O)(=O)c1ccccc1. The minimum Gasteiger partial charge on any atom is -0.495 e. The van der Waals surface area contributed by atoms with Crippen LogP contribution in [0.1, 0.15) is 39.7 Å². The number of carbonyl (C=O) groups is 2. The Labute approximate surface area is 246 Å². The average molecular weight is 604 g/mol. The molecule has 1 N–H and O–H groups in total. The normalized spacial score (nSPS) is 12.4. The van der Waals surface area contributed by atoms with Crippen molar-refractivity contribution in [1.29, 1.82) is 0 Å². The van der Waals surface area contributed by atoms with E-state index in [1.165, 1.54) is 66.6 Å². The van der Waals surface area contributed by atoms with E-state index >= 15 is 0 Å². The molecular formula is C30H35ClFN3O5S. The van der Waals surface area contributed by atoms with E-state index in [1.807, 2.05) is 20.8 Å². The summed E-state index contributed by atoms with van der Waals surface area (Å²) < 4.78 is 47.5. The molecule has 0 heterocycles. The largest absolute Gasteiger partial charge is 0.495 e. The maximum atomic E-state index is 14.1. The van der Waals surface area contributed by atoms with E-state index in [0.717, 1.165) is 4.31 Å². The minimum atomic E-state index is -4.24. The van der Waals surface area contributed by atoms with Gasteiger partial charge in [0.05, 0.1) is 22.7 Å². The van der Waals surface area contributed by atoms with Crippen molar-refractivity contribution in [3.8, 4) is 5.75 Å². The fourth-order valence-electron chi connectivity index (χ4n) is 4.22. The predicted molar refractivity (Wildman–Crippen MR) is 158 cm³/mol. The quantitative estimate of drug-likeness (QED) is 0.316. The number of benzene rings is 3. The van der Waals surface area contributed by atoms with Gasteiger partial charge in [-0.1, -0.05) is 48.9 Å². The van der Waals surface area contributed by atoms with Gasteiger partial charge in [-0.25, -0.2) is 12.8 Å². The van der Waals surface area contributed by atoms with Gasteiger partial charge in [-0.2, -0.15) is 0 Å². The lowest BCUT2D eigenvalue weighted by atomic mass is 10.1. The molecule has 3 aromatic carbocycles. The third kappa shape index (κ3) is 8.20. The molecular weight excluding hydrogens is 569 g/mol. The highest BCUT2D eigenvalue weighted by Crippen LogP contribution is 2.32. The molecule has 8 nitrogen and oxygen atoms in total. The van der Waals surface area contributed by atoms with E-state index in [4.69, 9.17) is 16.3 Å². The van der Waals surface area contributed by atoms with E-state index in [1.54, 1.807) is 25.1 Å². The standard InChI is InChI=1S/C30H35ClFN3O5S/c1-6-26(29(37)33-30(2,3)4)34(19-21-12-14-22(32)15-13-21)28(36)20-35(23-16-17-27(40-5)25(31)18-23)41(38,39)24-10-8-7-9-11-24/h7-18,26H,6,19-20H2,1-5H3,(H,33,37)/t26-/m1/s1. The second kappa shape index (κ2) is 13.4. The van der Waals surface area contributed by atoms with Gasteiger partial charge in [-0.05, 0) is 75.2 Å². The molecule has 0 spiro atoms. The van der Waals surface area contributed by atoms with Crippen LogP contribution in [-0.2, 0) is 26.2 Å². The average Bonchev–Trinajstić information content (AvgIpc) is 2.92. The third-order valence-corrected chi connectivity index (χ3v) is 8.27. The summed E-state index contributed by atoms with van der Waals surface area (Å²) in [6, 6.07) is 16.8. The Morgan fingerprint density at radius 1 is 1.02 bits per heavy atom. The summed E-state index contributed by atoms with van der Waals surface area (Å²) in [6.45, 7) is 6.57. The fourth-order valence-corrected chi connectivity index (χ4v) is 5.90. The third-order valence-electron chi connectivity index (χ3n) is 6.18. The van der Waals surface area contributed by atoms with Crippen molar-refractivity contribution in [2.24, 2.45) is 0 Å². The highest BCUT2D eigenvalue weighted by Gasteiger charge is 2.34. The van der Waals surface area contributed by atoms with Crippen molar-refractivity contribution in [2.75, 3.05) is 18.0 Å². The number of carbonyl (C=O) groups excluding carboxylic acids is 2. The second-order valence-electron chi connectivity index (χ2n) is 10.5. The van der Waals surface area contributed by atoms with Crippen LogP contribution < -0.4 is 14.4 Å². The molecule has 0 radical (unpaired) electrons. The Hall–Kier alpha value is -3.63. The Bertz CT molecular complexity index is 1460. The van der Waals surface area contributed by atoms with E-state index in [2.05, 4.69) is 5.32 Å². The zero-order valence-corrected chi connectivity index (χ0v) is 25.3. The summed E-state index contributed by atoms with van der Waals surface area (Å²) in [4.78, 5) is 28.7. The summed E-state index contributed by atoms with van der Waals surface area (Å²) >= 11 is 6.34. The van der Waals surface area contributed by atoms with Crippen molar-refractivity contribution in [2.45, 2.75) is 57.1 Å². The fraction of sp³-hybridized carbons (Fsp3) is 0.333. The molecule has 0 saturated carbocycles. The number of anilines is 1. The minimum absolute atomic E-state index is 0.0256. The molecule has 3 rings (SSSR count). The van der Waals surface area contributed by atoms with Crippen LogP contribution in [0.15, 0.2) is 77.7 Å². The molecule has 0 aromatic heterocycles. The van der Waals surface area contributed by atoms with Crippen LogP contribution in [0.5, 0.6) is 5.75 Å². The van der Waals surface area contributed by atoms with Gasteiger partial charge in [0, 0.05) is 12.1 Å². The Balaban J connectivity index is 2.09. The number of nitrogens with one attached hydrogen (secondary N) is 1. The number of rotatable bonds is 11. The molecule has 0 aliphatic heterocycles. The van der Waals surface area contributed by atoms with Crippen LogP contribution in [0.4, 0.5) is 10.1 Å². The number of hydrogen-bond acceptors (Lipinski definition) is 5. The van der Waals surface area contributed by atoms with Crippen LogP contribution in [-0.4, -0.2) is 50.4 Å². The van der Waals surface area contributed by atoms with Gasteiger partial charge >= 0.3 is 0 Å². The Kier molecular flexibility index (Phi) is 10.4. The topological polar surface area (TPSA) is 96.0 Å². The molecule has 220 valence electrons. The summed E-state index contributed by atoms with van der Waals surface area (Å²) in [6.07, 6.45) is 0.259. The molecule has 0 unspecified atom stereocenters. The second-order valence-corrected chi connectivity index (χ2v) is 12.7. The van der Waals surface area contributed by atoms with Crippen molar-refractivity contribution in [3.05, 3.63) is 89.2 Å². The summed E-state index contributed by atoms with van der Waals surface area (Å²) in [7, 11) is -2.81. The van der Waals surface area contributed by atoms with Gasteiger partial charge in [-0.15, -0.1) is 0 Å². The lowest BCUT2D eigenvalue weighted by Gasteiger charge is -2.34. The van der Waals surface area contributed by atoms with Gasteiger partial charge in [0.25, 0.3) is 10.0 Å². The summed E-state index contributed by atoms with van der Waals surface area (Å²) in [5, 5.41) is 3.06. The number of amides is 2. The highest BCUT2D eigenvalue weighted by atomic mass is 35.5. The first-order valence-corrected chi connectivity index (χ1v) is 14.9. The number of hydrogen-bond donors (Lipinski definition) is 1. The zero-order chi connectivity index (χ0) is 30.4. The van der Waals surface area contributed by atoms with Crippen LogP contribution in [0, 0.1) is 5.82 Å². The van der Waals surface area contributed by atoms with Crippen LogP contribution in [0.2, 0.25) is 5.02 Å². The molecule has 0 aliphatic rings. The number of sulfonamides is 1. The Morgan fingerprint density at radius 3 is 2.20 bits per heavy atom. The van der Waals surface area contributed by atoms with E-state index < -0.39 is 39.9 Å². The van der Waals surface area contributed by atoms with Crippen LogP contribution >= 0.6 is 11.6 Å². The number of methoxy groups -OCH3 is 1. The lowest BCUT2D eigenvalue weighted by molar-refractivity contribution is -0.141. The van der Waals surface area contributed by atoms with E-state index in [9.17, 15) is 22.4 Å². The van der Waals surface area contributed by atoms with Crippen molar-refractivity contribution in [3.63, 3.8) is 0 Å². The molecule has 0 fully saturated rings. The zero-order valence-electron chi connectivity index (χ0n) is 23.7. The summed E-state index contributed by atoms with van der Waals surface area (Å²) in [5.74, 6) is -1.13. The maximum Gasteiger partial charge on any atom is 0.264 e. The van der Waals surface area contributed by atoms with Crippen molar-refractivity contribution < 1.29 is 27.1 Å². The molecule has 0 aliphatic carbocycles. The van der Waals surface area contributed by atoms with Gasteiger partial charge < -0.3 is 15.0 Å². The molecule has 3 aromatic rings. The predicted octanol–water partition coefficient (Wildman–Crippen LogP) is 5.41. The monoisotopic (exact) mass is 603 g/mol. The van der Waals surface area contributed by atoms with E-state index in [0.29, 0.717) is 11.3 Å². The molecule has 1 atom stereocenters. The smallest absolute Gasteiger partial charge is 0.264 e. The first kappa shape index (κ1) is 31.9. The van der Waals surface area contributed by atoms with Crippen molar-refractivity contribution >= 4 is 39.1 Å². The van der Waals surface area contributed by atoms with Gasteiger partial charge in [0.2, 0.25) is 11.8 Å². The summed E-state index contributed by atoms with van der Waals surface area (Å²) in [5.41, 5.74) is 0.145. The molecule has 2 amide bonds. The first-order chi connectivity index (χ1) is 19.3. The lowest BCUT2D eigenvalue weighted by Crippen LogP contribution is -2.55. The molecule has 0 bridgehead atoms. The maximum absolute atomic E-state index is 14.1.